The van der Waals surface area contributed by atoms with Gasteiger partial charge in [0.05, 0.1) is 27.7 Å². The number of carbonyl (C=O) groups excluding carboxylic acids is 1. The Labute approximate surface area is 220 Å². The Kier molecular flexibility index (Phi) is 22.1. The maximum Gasteiger partial charge on any atom is 0.305 e. The van der Waals surface area contributed by atoms with Crippen LogP contribution in [0.4, 0.5) is 0 Å². The summed E-state index contributed by atoms with van der Waals surface area (Å²) in [7, 11) is 1.19. The molecule has 0 aromatic carbocycles. The zero-order valence-corrected chi connectivity index (χ0v) is 24.3. The lowest BCUT2D eigenvalue weighted by Crippen LogP contribution is -2.37. The lowest BCUT2D eigenvalue weighted by atomic mass is 10.0. The normalized spacial score (nSPS) is 14.5. The fraction of sp³-hybridized carbons (Fsp3) is 0.962. The third kappa shape index (κ3) is 25.1. The summed E-state index contributed by atoms with van der Waals surface area (Å²) in [5.41, 5.74) is 0. The molecule has 0 rings (SSSR count). The SMILES string of the molecule is CCCCCCCCCCCCCCCCCC(=O)OC[C@H](COP(=O)([O-])OCC[N+](C)(C)C)OO. The molecule has 2 atom stereocenters. The fourth-order valence-corrected chi connectivity index (χ4v) is 4.37. The van der Waals surface area contributed by atoms with Gasteiger partial charge < -0.3 is 23.2 Å². The number of phosphoric ester groups is 1. The van der Waals surface area contributed by atoms with E-state index in [-0.39, 0.29) is 19.6 Å². The first kappa shape index (κ1) is 35.5. The van der Waals surface area contributed by atoms with E-state index in [9.17, 15) is 14.3 Å². The van der Waals surface area contributed by atoms with E-state index in [2.05, 4.69) is 11.8 Å². The molecule has 0 fully saturated rings. The summed E-state index contributed by atoms with van der Waals surface area (Å²) >= 11 is 0. The standard InChI is InChI=1S/C26H54NO8P/c1-5-6-7-8-9-10-11-12-13-14-15-16-17-18-19-20-26(28)32-23-25(35-29)24-34-36(30,31)33-22-21-27(2,3)4/h25H,5-24H2,1-4H3,(H-,29,30,31)/t25-/m1/s1. The van der Waals surface area contributed by atoms with Gasteiger partial charge in [-0.15, -0.1) is 0 Å². The molecular formula is C26H54NO8P. The van der Waals surface area contributed by atoms with Crippen molar-refractivity contribution in [3.05, 3.63) is 0 Å². The number of esters is 1. The molecule has 0 radical (unpaired) electrons. The lowest BCUT2D eigenvalue weighted by Gasteiger charge is -2.27. The average Bonchev–Trinajstić information content (AvgIpc) is 2.80. The number of phosphoric acid groups is 1. The van der Waals surface area contributed by atoms with Gasteiger partial charge in [0.25, 0.3) is 7.82 Å². The van der Waals surface area contributed by atoms with Crippen LogP contribution >= 0.6 is 7.82 Å². The van der Waals surface area contributed by atoms with Crippen LogP contribution in [0.3, 0.4) is 0 Å². The van der Waals surface area contributed by atoms with Crippen molar-refractivity contribution in [2.75, 3.05) is 47.5 Å². The van der Waals surface area contributed by atoms with Crippen LogP contribution in [-0.4, -0.2) is 69.3 Å². The Morgan fingerprint density at radius 1 is 0.806 bits per heavy atom. The monoisotopic (exact) mass is 539 g/mol. The van der Waals surface area contributed by atoms with Gasteiger partial charge >= 0.3 is 5.97 Å². The molecular weight excluding hydrogens is 485 g/mol. The summed E-state index contributed by atoms with van der Waals surface area (Å²) in [6.07, 6.45) is 18.0. The largest absolute Gasteiger partial charge is 0.756 e. The number of rotatable bonds is 26. The van der Waals surface area contributed by atoms with E-state index in [4.69, 9.17) is 19.0 Å². The van der Waals surface area contributed by atoms with Crippen LogP contribution in [0.15, 0.2) is 0 Å². The minimum Gasteiger partial charge on any atom is -0.756 e. The molecule has 36 heavy (non-hydrogen) atoms. The van der Waals surface area contributed by atoms with Crippen LogP contribution in [0.2, 0.25) is 0 Å². The minimum absolute atomic E-state index is 0.0246. The maximum absolute atomic E-state index is 11.9. The van der Waals surface area contributed by atoms with E-state index in [1.54, 1.807) is 0 Å². The molecule has 0 aliphatic rings. The third-order valence-corrected chi connectivity index (χ3v) is 6.96. The van der Waals surface area contributed by atoms with E-state index in [1.165, 1.54) is 77.0 Å². The number of hydrogen-bond acceptors (Lipinski definition) is 8. The molecule has 10 heteroatoms. The minimum atomic E-state index is -4.53. The summed E-state index contributed by atoms with van der Waals surface area (Å²) < 4.78 is 26.9. The summed E-state index contributed by atoms with van der Waals surface area (Å²) in [6.45, 7) is 1.90. The number of unbranched alkanes of at least 4 members (excludes halogenated alkanes) is 14. The molecule has 0 saturated heterocycles. The van der Waals surface area contributed by atoms with Crippen molar-refractivity contribution in [3.63, 3.8) is 0 Å². The highest BCUT2D eigenvalue weighted by molar-refractivity contribution is 7.45. The first-order valence-corrected chi connectivity index (χ1v) is 15.4. The lowest BCUT2D eigenvalue weighted by molar-refractivity contribution is -0.870. The molecule has 0 aromatic heterocycles. The number of quaternary nitrogens is 1. The molecule has 1 unspecified atom stereocenters. The van der Waals surface area contributed by atoms with Crippen molar-refractivity contribution in [1.29, 1.82) is 0 Å². The molecule has 1 N–H and O–H groups in total. The molecule has 0 saturated carbocycles. The summed E-state index contributed by atoms with van der Waals surface area (Å²) in [4.78, 5) is 27.8. The first-order valence-electron chi connectivity index (χ1n) is 14.0. The smallest absolute Gasteiger partial charge is 0.305 e. The van der Waals surface area contributed by atoms with Gasteiger partial charge in [0.2, 0.25) is 0 Å². The van der Waals surface area contributed by atoms with Crippen LogP contribution in [0, 0.1) is 0 Å². The molecule has 0 spiro atoms. The first-order chi connectivity index (χ1) is 17.1. The predicted molar refractivity (Wildman–Crippen MR) is 140 cm³/mol. The highest BCUT2D eigenvalue weighted by Gasteiger charge is 2.19. The highest BCUT2D eigenvalue weighted by Crippen LogP contribution is 2.38. The second-order valence-electron chi connectivity index (χ2n) is 10.7. The fourth-order valence-electron chi connectivity index (χ4n) is 3.65. The Morgan fingerprint density at radius 2 is 1.28 bits per heavy atom. The van der Waals surface area contributed by atoms with Gasteiger partial charge in [-0.05, 0) is 6.42 Å². The maximum atomic E-state index is 11.9. The molecule has 0 aliphatic heterocycles. The molecule has 0 amide bonds. The van der Waals surface area contributed by atoms with Gasteiger partial charge in [0.1, 0.15) is 19.8 Å². The van der Waals surface area contributed by atoms with E-state index in [0.29, 0.717) is 11.0 Å². The highest BCUT2D eigenvalue weighted by atomic mass is 31.2. The Morgan fingerprint density at radius 3 is 1.72 bits per heavy atom. The van der Waals surface area contributed by atoms with Gasteiger partial charge in [-0.2, -0.15) is 0 Å². The number of carbonyl (C=O) groups is 1. The number of hydrogen-bond donors (Lipinski definition) is 1. The molecule has 9 nitrogen and oxygen atoms in total. The van der Waals surface area contributed by atoms with Gasteiger partial charge in [-0.1, -0.05) is 96.8 Å². The predicted octanol–water partition coefficient (Wildman–Crippen LogP) is 5.86. The Bertz CT molecular complexity index is 571. The molecule has 0 aliphatic carbocycles. The van der Waals surface area contributed by atoms with Gasteiger partial charge in [0, 0.05) is 6.42 Å². The zero-order chi connectivity index (χ0) is 27.1. The van der Waals surface area contributed by atoms with Crippen molar-refractivity contribution >= 4 is 13.8 Å². The third-order valence-electron chi connectivity index (χ3n) is 5.99. The van der Waals surface area contributed by atoms with Crippen LogP contribution in [0.5, 0.6) is 0 Å². The van der Waals surface area contributed by atoms with Crippen LogP contribution in [-0.2, 0) is 28.0 Å². The Hall–Kier alpha value is -0.540. The topological polar surface area (TPSA) is 114 Å². The Balaban J connectivity index is 3.65. The van der Waals surface area contributed by atoms with Crippen LogP contribution < -0.4 is 4.89 Å². The number of nitrogens with zero attached hydrogens (tertiary/aromatic N) is 1. The summed E-state index contributed by atoms with van der Waals surface area (Å²) in [6, 6.07) is 0. The van der Waals surface area contributed by atoms with E-state index >= 15 is 0 Å². The van der Waals surface area contributed by atoms with E-state index in [1.807, 2.05) is 21.1 Å². The van der Waals surface area contributed by atoms with Crippen molar-refractivity contribution < 1.29 is 42.7 Å². The van der Waals surface area contributed by atoms with E-state index in [0.717, 1.165) is 19.3 Å². The van der Waals surface area contributed by atoms with Crippen molar-refractivity contribution in [2.24, 2.45) is 0 Å². The second kappa shape index (κ2) is 22.4. The molecule has 0 heterocycles. The molecule has 0 aromatic rings. The zero-order valence-electron chi connectivity index (χ0n) is 23.4. The van der Waals surface area contributed by atoms with Gasteiger partial charge in [0.15, 0.2) is 6.10 Å². The van der Waals surface area contributed by atoms with Gasteiger partial charge in [-0.25, -0.2) is 4.89 Å². The second-order valence-corrected chi connectivity index (χ2v) is 12.1. The quantitative estimate of drug-likeness (QED) is 0.0363. The summed E-state index contributed by atoms with van der Waals surface area (Å²) in [5.74, 6) is -0.406. The number of ether oxygens (including phenoxy) is 1. The van der Waals surface area contributed by atoms with Crippen molar-refractivity contribution in [3.8, 4) is 0 Å². The van der Waals surface area contributed by atoms with E-state index < -0.39 is 26.5 Å². The average molecular weight is 540 g/mol. The van der Waals surface area contributed by atoms with Crippen LogP contribution in [0.1, 0.15) is 110 Å². The van der Waals surface area contributed by atoms with Gasteiger partial charge in [-0.3, -0.25) is 14.6 Å². The molecule has 216 valence electrons. The molecule has 0 bridgehead atoms. The van der Waals surface area contributed by atoms with Crippen molar-refractivity contribution in [1.82, 2.24) is 0 Å². The van der Waals surface area contributed by atoms with Crippen molar-refractivity contribution in [2.45, 2.75) is 116 Å². The van der Waals surface area contributed by atoms with Crippen LogP contribution in [0.25, 0.3) is 0 Å². The number of likely N-dealkylation sites (N-methyl/N-ethyl adjacent to an activating group) is 1. The summed E-state index contributed by atoms with van der Waals surface area (Å²) in [5, 5.41) is 8.93.